The molecule has 1 heterocycles. The van der Waals surface area contributed by atoms with Crippen molar-refractivity contribution in [3.8, 4) is 0 Å². The Bertz CT molecular complexity index is 604. The average molecular weight is 384 g/mol. The maximum absolute atomic E-state index is 12.3. The number of rotatable bonds is 0. The first-order valence-corrected chi connectivity index (χ1v) is 11.7. The molecule has 3 rings (SSSR count). The predicted octanol–water partition coefficient (Wildman–Crippen LogP) is 1.56. The molecule has 1 aliphatic rings. The van der Waals surface area contributed by atoms with Crippen molar-refractivity contribution < 1.29 is 42.8 Å². The zero-order valence-electron chi connectivity index (χ0n) is 9.92. The molecule has 0 fully saturated rings. The third-order valence-electron chi connectivity index (χ3n) is 2.89. The minimum atomic E-state index is -4.73. The summed E-state index contributed by atoms with van der Waals surface area (Å²) in [6.07, 6.45) is 0. The molecule has 4 bridgehead atoms. The molecule has 5 nitrogen and oxygen atoms in total. The van der Waals surface area contributed by atoms with E-state index in [-0.39, 0.29) is 5.78 Å². The van der Waals surface area contributed by atoms with Crippen molar-refractivity contribution in [3.63, 3.8) is 0 Å². The van der Waals surface area contributed by atoms with E-state index in [1.807, 2.05) is 0 Å². The molecule has 2 aromatic rings. The number of anilines is 2. The van der Waals surface area contributed by atoms with Gasteiger partial charge in [0.15, 0.2) is 0 Å². The second kappa shape index (κ2) is 4.84. The van der Waals surface area contributed by atoms with Crippen LogP contribution in [-0.2, 0) is 0 Å². The van der Waals surface area contributed by atoms with Gasteiger partial charge in [-0.25, -0.2) is 0 Å². The van der Waals surface area contributed by atoms with Crippen molar-refractivity contribution >= 4 is 17.2 Å². The molecule has 0 saturated heterocycles. The molecule has 0 unspecified atom stereocenters. The summed E-state index contributed by atoms with van der Waals surface area (Å²) in [5.41, 5.74) is 2.12. The summed E-state index contributed by atoms with van der Waals surface area (Å²) in [5.74, 6) is -0.0904. The first-order chi connectivity index (χ1) is 9.03. The molecule has 0 aromatic heterocycles. The predicted molar refractivity (Wildman–Crippen MR) is 68.0 cm³/mol. The van der Waals surface area contributed by atoms with Crippen LogP contribution in [-0.4, -0.2) is 8.43 Å². The van der Waals surface area contributed by atoms with Gasteiger partial charge in [-0.2, -0.15) is 0 Å². The Morgan fingerprint density at radius 2 is 1.32 bits per heavy atom. The van der Waals surface area contributed by atoms with Crippen LogP contribution in [0.5, 0.6) is 0 Å². The molecule has 0 amide bonds. The van der Waals surface area contributed by atoms with Gasteiger partial charge in [0, 0.05) is 0 Å². The third kappa shape index (κ3) is 2.80. The SMILES string of the molecule is O=C1c2cccc(c2)[NH][Ce]([OH])([OH])[NH]c2cccc1c2. The number of nitrogens with one attached hydrogen (secondary N) is 2. The van der Waals surface area contributed by atoms with E-state index in [0.717, 1.165) is 0 Å². The molecule has 0 spiro atoms. The zero-order valence-corrected chi connectivity index (χ0v) is 13.1. The standard InChI is InChI=1S/C13H10N2O.Ce.2H2O/c14-11-5-1-3-9(7-11)13(16)10-4-2-6-12(15)8-10;;;/h1-8,14-15H;;2*1H2/q-2;+4;;/p-2. The van der Waals surface area contributed by atoms with Gasteiger partial charge in [-0.1, -0.05) is 0 Å². The van der Waals surface area contributed by atoms with Crippen molar-refractivity contribution in [2.75, 3.05) is 2.56 Å². The summed E-state index contributed by atoms with van der Waals surface area (Å²) < 4.78 is 25.6. The van der Waals surface area contributed by atoms with Gasteiger partial charge in [0.05, 0.1) is 0 Å². The molecule has 96 valence electrons. The van der Waals surface area contributed by atoms with Gasteiger partial charge in [0.25, 0.3) is 0 Å². The van der Waals surface area contributed by atoms with Gasteiger partial charge in [0.1, 0.15) is 0 Å². The second-order valence-corrected chi connectivity index (χ2v) is 10.2. The van der Waals surface area contributed by atoms with Crippen LogP contribution < -0.4 is 2.56 Å². The quantitative estimate of drug-likeness (QED) is 0.554. The molecular formula is C13H12CeN2O3. The van der Waals surface area contributed by atoms with Gasteiger partial charge < -0.3 is 0 Å². The Hall–Kier alpha value is -0.993. The average Bonchev–Trinajstić information content (AvgIpc) is 2.36. The molecule has 0 radical (unpaired) electrons. The van der Waals surface area contributed by atoms with Crippen LogP contribution in [0.3, 0.4) is 0 Å². The van der Waals surface area contributed by atoms with Crippen molar-refractivity contribution in [1.29, 1.82) is 0 Å². The van der Waals surface area contributed by atoms with E-state index in [2.05, 4.69) is 2.56 Å². The van der Waals surface area contributed by atoms with Crippen LogP contribution in [0.15, 0.2) is 48.5 Å². The minimum absolute atomic E-state index is 0.0904. The summed E-state index contributed by atoms with van der Waals surface area (Å²) in [6, 6.07) is 13.5. The molecule has 0 atom stereocenters. The van der Waals surface area contributed by atoms with E-state index >= 15 is 0 Å². The second-order valence-electron chi connectivity index (χ2n) is 4.41. The van der Waals surface area contributed by atoms with Gasteiger partial charge in [-0.15, -0.1) is 0 Å². The zero-order chi connectivity index (χ0) is 13.5. The molecule has 0 aliphatic carbocycles. The summed E-state index contributed by atoms with van der Waals surface area (Å²) in [7, 11) is 0. The number of carbonyl (C=O) groups is 1. The Balaban J connectivity index is 2.19. The fraction of sp³-hybridized carbons (Fsp3) is 0. The maximum atomic E-state index is 12.3. The fourth-order valence-corrected chi connectivity index (χ4v) is 5.78. The normalized spacial score (nSPS) is 16.2. The Morgan fingerprint density at radius 3 is 1.79 bits per heavy atom. The van der Waals surface area contributed by atoms with Crippen LogP contribution in [0.2, 0.25) is 0 Å². The van der Waals surface area contributed by atoms with Crippen molar-refractivity contribution in [2.24, 2.45) is 0 Å². The summed E-state index contributed by atoms with van der Waals surface area (Å²) >= 11 is -4.73. The van der Waals surface area contributed by atoms with Crippen LogP contribution in [0.4, 0.5) is 11.4 Å². The van der Waals surface area contributed by atoms with Gasteiger partial charge in [-0.05, 0) is 0 Å². The first-order valence-electron chi connectivity index (χ1n) is 5.79. The number of hydrogen-bond donors (Lipinski definition) is 4. The van der Waals surface area contributed by atoms with Crippen molar-refractivity contribution in [2.45, 2.75) is 0 Å². The number of ketones is 1. The Morgan fingerprint density at radius 1 is 0.842 bits per heavy atom. The fourth-order valence-electron chi connectivity index (χ4n) is 2.08. The summed E-state index contributed by atoms with van der Waals surface area (Å²) in [6.45, 7) is 0. The molecule has 6 heteroatoms. The number of hydrogen-bond acceptors (Lipinski definition) is 5. The Kier molecular flexibility index (Phi) is 3.31. The van der Waals surface area contributed by atoms with Gasteiger partial charge in [0.2, 0.25) is 0 Å². The van der Waals surface area contributed by atoms with E-state index in [0.29, 0.717) is 22.5 Å². The summed E-state index contributed by atoms with van der Waals surface area (Å²) in [4.78, 5) is 12.3. The Labute approximate surface area is 121 Å². The van der Waals surface area contributed by atoms with Gasteiger partial charge >= 0.3 is 122 Å². The molecule has 19 heavy (non-hydrogen) atoms. The van der Waals surface area contributed by atoms with E-state index in [4.69, 9.17) is 0 Å². The van der Waals surface area contributed by atoms with Crippen LogP contribution in [0, 0.1) is 35.3 Å². The van der Waals surface area contributed by atoms with E-state index in [9.17, 15) is 7.44 Å². The van der Waals surface area contributed by atoms with Crippen LogP contribution in [0.25, 0.3) is 0 Å². The number of carbonyl (C=O) groups excluding carboxylic acids is 1. The molecular weight excluding hydrogens is 372 g/mol. The molecule has 1 aliphatic heterocycles. The van der Waals surface area contributed by atoms with Gasteiger partial charge in [-0.3, -0.25) is 0 Å². The van der Waals surface area contributed by atoms with Crippen molar-refractivity contribution in [1.82, 2.24) is 0 Å². The van der Waals surface area contributed by atoms with E-state index < -0.39 is 35.3 Å². The number of fused-ring (bicyclic) bond motifs is 4. The van der Waals surface area contributed by atoms with Crippen LogP contribution >= 0.6 is 0 Å². The third-order valence-corrected chi connectivity index (χ3v) is 6.89. The van der Waals surface area contributed by atoms with E-state index in [1.54, 1.807) is 48.5 Å². The molecule has 2 aromatic carbocycles. The number of benzene rings is 2. The topological polar surface area (TPSA) is 81.6 Å². The molecule has 0 saturated carbocycles. The summed E-state index contributed by atoms with van der Waals surface area (Å²) in [5, 5.41) is 0. The van der Waals surface area contributed by atoms with Crippen LogP contribution in [0.1, 0.15) is 15.9 Å². The van der Waals surface area contributed by atoms with E-state index in [1.165, 1.54) is 0 Å². The van der Waals surface area contributed by atoms with Crippen molar-refractivity contribution in [3.05, 3.63) is 59.7 Å². The molecule has 4 N–H and O–H groups in total. The first kappa shape index (κ1) is 13.0. The monoisotopic (exact) mass is 384 g/mol.